The maximum absolute atomic E-state index is 13.6. The third kappa shape index (κ3) is 2.99. The van der Waals surface area contributed by atoms with Gasteiger partial charge in [0.1, 0.15) is 28.9 Å². The molecule has 0 bridgehead atoms. The average molecular weight is 301 g/mol. The Labute approximate surface area is 125 Å². The van der Waals surface area contributed by atoms with Crippen LogP contribution in [0, 0.1) is 24.1 Å². The molecule has 1 unspecified atom stereocenters. The Kier molecular flexibility index (Phi) is 4.28. The van der Waals surface area contributed by atoms with Crippen LogP contribution in [0.2, 0.25) is 0 Å². The summed E-state index contributed by atoms with van der Waals surface area (Å²) in [6, 6.07) is 10.0. The minimum Gasteiger partial charge on any atom is -0.508 e. The summed E-state index contributed by atoms with van der Waals surface area (Å²) in [5.74, 6) is -3.05. The topological polar surface area (TPSA) is 90.5 Å². The Bertz CT molecular complexity index is 767. The standard InChI is InChI=1S/C16H12FNO4/c1-9-4-2-3-5-11(9)15(16(20)21)22-14-7-10(19)6-13(17)12(14)8-18/h2-7,15,19H,1H3,(H,20,21). The fourth-order valence-electron chi connectivity index (χ4n) is 2.02. The molecule has 2 aromatic carbocycles. The van der Waals surface area contributed by atoms with Gasteiger partial charge in [0.15, 0.2) is 0 Å². The van der Waals surface area contributed by atoms with Gasteiger partial charge in [0.2, 0.25) is 6.10 Å². The van der Waals surface area contributed by atoms with Crippen LogP contribution in [0.1, 0.15) is 22.8 Å². The normalized spacial score (nSPS) is 11.5. The number of aliphatic carboxylic acids is 1. The Morgan fingerprint density at radius 1 is 1.36 bits per heavy atom. The molecule has 0 saturated heterocycles. The van der Waals surface area contributed by atoms with Crippen molar-refractivity contribution in [3.8, 4) is 17.6 Å². The molecule has 0 heterocycles. The third-order valence-electron chi connectivity index (χ3n) is 3.09. The first kappa shape index (κ1) is 15.3. The third-order valence-corrected chi connectivity index (χ3v) is 3.09. The van der Waals surface area contributed by atoms with Crippen LogP contribution >= 0.6 is 0 Å². The summed E-state index contributed by atoms with van der Waals surface area (Å²) in [5, 5.41) is 27.7. The zero-order chi connectivity index (χ0) is 16.3. The lowest BCUT2D eigenvalue weighted by atomic mass is 10.0. The number of carboxylic acid groups (broad SMARTS) is 1. The highest BCUT2D eigenvalue weighted by Crippen LogP contribution is 2.31. The molecule has 5 nitrogen and oxygen atoms in total. The number of carboxylic acids is 1. The number of halogens is 1. The molecule has 2 rings (SSSR count). The van der Waals surface area contributed by atoms with Gasteiger partial charge < -0.3 is 14.9 Å². The number of aromatic hydroxyl groups is 1. The quantitative estimate of drug-likeness (QED) is 0.906. The molecule has 0 aliphatic rings. The van der Waals surface area contributed by atoms with Crippen LogP contribution in [0.3, 0.4) is 0 Å². The smallest absolute Gasteiger partial charge is 0.349 e. The van der Waals surface area contributed by atoms with E-state index in [9.17, 15) is 19.4 Å². The second kappa shape index (κ2) is 6.14. The van der Waals surface area contributed by atoms with Gasteiger partial charge in [0.05, 0.1) is 0 Å². The molecular weight excluding hydrogens is 289 g/mol. The molecule has 2 N–H and O–H groups in total. The van der Waals surface area contributed by atoms with Crippen molar-refractivity contribution >= 4 is 5.97 Å². The van der Waals surface area contributed by atoms with Crippen LogP contribution < -0.4 is 4.74 Å². The molecule has 112 valence electrons. The number of phenolic OH excluding ortho intramolecular Hbond substituents is 1. The zero-order valence-corrected chi connectivity index (χ0v) is 11.6. The Morgan fingerprint density at radius 2 is 2.05 bits per heavy atom. The van der Waals surface area contributed by atoms with Gasteiger partial charge in [-0.3, -0.25) is 0 Å². The van der Waals surface area contributed by atoms with Gasteiger partial charge in [-0.25, -0.2) is 9.18 Å². The fraction of sp³-hybridized carbons (Fsp3) is 0.125. The summed E-state index contributed by atoms with van der Waals surface area (Å²) in [4.78, 5) is 11.5. The molecular formula is C16H12FNO4. The number of phenols is 1. The minimum absolute atomic E-state index is 0.323. The van der Waals surface area contributed by atoms with Gasteiger partial charge >= 0.3 is 5.97 Å². The highest BCUT2D eigenvalue weighted by atomic mass is 19.1. The number of hydrogen-bond donors (Lipinski definition) is 2. The molecule has 0 aliphatic heterocycles. The summed E-state index contributed by atoms with van der Waals surface area (Å²) < 4.78 is 18.9. The molecule has 0 saturated carbocycles. The van der Waals surface area contributed by atoms with Crippen molar-refractivity contribution in [1.29, 1.82) is 5.26 Å². The van der Waals surface area contributed by atoms with E-state index in [4.69, 9.17) is 10.00 Å². The highest BCUT2D eigenvalue weighted by molar-refractivity contribution is 5.75. The molecule has 2 aromatic rings. The monoisotopic (exact) mass is 301 g/mol. The summed E-state index contributed by atoms with van der Waals surface area (Å²) >= 11 is 0. The molecule has 1 atom stereocenters. The minimum atomic E-state index is -1.42. The summed E-state index contributed by atoms with van der Waals surface area (Å²) in [6.07, 6.45) is -1.42. The van der Waals surface area contributed by atoms with Crippen LogP contribution in [-0.2, 0) is 4.79 Å². The van der Waals surface area contributed by atoms with Crippen molar-refractivity contribution in [1.82, 2.24) is 0 Å². The van der Waals surface area contributed by atoms with E-state index in [1.807, 2.05) is 0 Å². The maximum Gasteiger partial charge on any atom is 0.349 e. The predicted octanol–water partition coefficient (Wildman–Crippen LogP) is 2.92. The van der Waals surface area contributed by atoms with Crippen molar-refractivity contribution in [3.63, 3.8) is 0 Å². The number of nitriles is 1. The van der Waals surface area contributed by atoms with E-state index in [1.165, 1.54) is 0 Å². The van der Waals surface area contributed by atoms with Crippen molar-refractivity contribution in [3.05, 3.63) is 58.9 Å². The first-order chi connectivity index (χ1) is 10.4. The van der Waals surface area contributed by atoms with Gasteiger partial charge in [-0.05, 0) is 12.5 Å². The van der Waals surface area contributed by atoms with Gasteiger partial charge in [0.25, 0.3) is 0 Å². The molecule has 22 heavy (non-hydrogen) atoms. The first-order valence-corrected chi connectivity index (χ1v) is 6.31. The number of ether oxygens (including phenoxy) is 1. The zero-order valence-electron chi connectivity index (χ0n) is 11.6. The highest BCUT2D eigenvalue weighted by Gasteiger charge is 2.25. The van der Waals surface area contributed by atoms with E-state index in [0.29, 0.717) is 11.1 Å². The number of rotatable bonds is 4. The number of hydrogen-bond acceptors (Lipinski definition) is 4. The molecule has 0 spiro atoms. The number of nitrogens with zero attached hydrogens (tertiary/aromatic N) is 1. The van der Waals surface area contributed by atoms with E-state index < -0.39 is 29.2 Å². The summed E-state index contributed by atoms with van der Waals surface area (Å²) in [7, 11) is 0. The van der Waals surface area contributed by atoms with E-state index in [1.54, 1.807) is 37.3 Å². The van der Waals surface area contributed by atoms with Crippen LogP contribution in [0.4, 0.5) is 4.39 Å². The van der Waals surface area contributed by atoms with Crippen LogP contribution in [0.25, 0.3) is 0 Å². The van der Waals surface area contributed by atoms with Crippen molar-refractivity contribution in [2.45, 2.75) is 13.0 Å². The van der Waals surface area contributed by atoms with Crippen molar-refractivity contribution in [2.75, 3.05) is 0 Å². The van der Waals surface area contributed by atoms with Gasteiger partial charge in [-0.1, -0.05) is 24.3 Å². The lowest BCUT2D eigenvalue weighted by Gasteiger charge is -2.18. The van der Waals surface area contributed by atoms with E-state index in [-0.39, 0.29) is 5.75 Å². The first-order valence-electron chi connectivity index (χ1n) is 6.31. The predicted molar refractivity (Wildman–Crippen MR) is 75.0 cm³/mol. The largest absolute Gasteiger partial charge is 0.508 e. The number of benzene rings is 2. The fourth-order valence-corrected chi connectivity index (χ4v) is 2.02. The number of carbonyl (C=O) groups is 1. The molecule has 0 fully saturated rings. The van der Waals surface area contributed by atoms with Crippen LogP contribution in [0.5, 0.6) is 11.5 Å². The van der Waals surface area contributed by atoms with Gasteiger partial charge in [-0.15, -0.1) is 0 Å². The van der Waals surface area contributed by atoms with Crippen molar-refractivity contribution < 1.29 is 24.1 Å². The molecule has 0 aromatic heterocycles. The molecule has 0 amide bonds. The van der Waals surface area contributed by atoms with Crippen LogP contribution in [-0.4, -0.2) is 16.2 Å². The molecule has 0 radical (unpaired) electrons. The Balaban J connectivity index is 2.49. The Hall–Kier alpha value is -3.07. The second-order valence-electron chi connectivity index (χ2n) is 4.61. The van der Waals surface area contributed by atoms with Crippen LogP contribution in [0.15, 0.2) is 36.4 Å². The lowest BCUT2D eigenvalue weighted by molar-refractivity contribution is -0.145. The van der Waals surface area contributed by atoms with E-state index >= 15 is 0 Å². The Morgan fingerprint density at radius 3 is 2.64 bits per heavy atom. The van der Waals surface area contributed by atoms with Gasteiger partial charge in [0, 0.05) is 17.7 Å². The maximum atomic E-state index is 13.6. The van der Waals surface area contributed by atoms with Crippen molar-refractivity contribution in [2.24, 2.45) is 0 Å². The molecule has 0 aliphatic carbocycles. The average Bonchev–Trinajstić information content (AvgIpc) is 2.45. The van der Waals surface area contributed by atoms with E-state index in [2.05, 4.69) is 0 Å². The number of aryl methyl sites for hydroxylation is 1. The molecule has 6 heteroatoms. The summed E-state index contributed by atoms with van der Waals surface area (Å²) in [5.41, 5.74) is 0.592. The SMILES string of the molecule is Cc1ccccc1C(Oc1cc(O)cc(F)c1C#N)C(=O)O. The van der Waals surface area contributed by atoms with Gasteiger partial charge in [-0.2, -0.15) is 5.26 Å². The second-order valence-corrected chi connectivity index (χ2v) is 4.61. The lowest BCUT2D eigenvalue weighted by Crippen LogP contribution is -2.19. The summed E-state index contributed by atoms with van der Waals surface area (Å²) in [6.45, 7) is 1.71. The van der Waals surface area contributed by atoms with E-state index in [0.717, 1.165) is 12.1 Å².